The van der Waals surface area contributed by atoms with Crippen molar-refractivity contribution in [3.8, 4) is 0 Å². The van der Waals surface area contributed by atoms with E-state index >= 15 is 0 Å². The molecule has 0 fully saturated rings. The molecular weight excluding hydrogens is 370 g/mol. The fourth-order valence-electron chi connectivity index (χ4n) is 1.42. The van der Waals surface area contributed by atoms with Crippen molar-refractivity contribution in [2.24, 2.45) is 0 Å². The third kappa shape index (κ3) is 7.29. The molecule has 1 heterocycles. The fraction of sp³-hybridized carbons (Fsp3) is 0.455. The molecule has 0 radical (unpaired) electrons. The maximum Gasteiger partial charge on any atom is -1.00 e. The van der Waals surface area contributed by atoms with Gasteiger partial charge in [0.05, 0.1) is 0 Å². The Hall–Kier alpha value is 1.08. The summed E-state index contributed by atoms with van der Waals surface area (Å²) in [6, 6.07) is 2.30. The molecular formula is C11H17Cl2OSSiZr. The minimum Gasteiger partial charge on any atom is -1.00 e. The molecule has 1 aliphatic rings. The normalized spacial score (nSPS) is 11.8. The first-order chi connectivity index (χ1) is 7.02. The first kappa shape index (κ1) is 20.4. The van der Waals surface area contributed by atoms with Crippen molar-refractivity contribution in [1.29, 1.82) is 0 Å². The third-order valence-corrected chi connectivity index (χ3v) is 7.03. The molecule has 0 unspecified atom stereocenters. The van der Waals surface area contributed by atoms with Gasteiger partial charge in [-0.15, -0.1) is 11.3 Å². The molecule has 17 heavy (non-hydrogen) atoms. The zero-order valence-corrected chi connectivity index (χ0v) is 16.5. The predicted octanol–water partition coefficient (Wildman–Crippen LogP) is -2.53. The smallest absolute Gasteiger partial charge is 1.00 e. The number of rotatable bonds is 1. The van der Waals surface area contributed by atoms with Crippen LogP contribution in [0.3, 0.4) is 0 Å². The standard InChI is InChI=1S/C9H10S.C2H7OSi.2ClH.Zr/c1-6-3-8-5-7(2)10-9(8)4-6;1-4(2)3;;;/h4-5H,3H2,1-2H3;4H,1-2H3;2*1H;/q;-1;;;+3/p-2. The van der Waals surface area contributed by atoms with Gasteiger partial charge in [-0.2, -0.15) is 0 Å². The summed E-state index contributed by atoms with van der Waals surface area (Å²) in [5.74, 6) is 0. The van der Waals surface area contributed by atoms with Crippen molar-refractivity contribution < 1.29 is 52.5 Å². The second-order valence-electron chi connectivity index (χ2n) is 4.08. The number of halogens is 2. The molecule has 2 rings (SSSR count). The van der Waals surface area contributed by atoms with Gasteiger partial charge in [0.15, 0.2) is 0 Å². The Labute approximate surface area is 138 Å². The molecule has 0 N–H and O–H groups in total. The first-order valence-corrected chi connectivity index (χ1v) is 9.72. The molecule has 6 heteroatoms. The van der Waals surface area contributed by atoms with E-state index in [1.807, 2.05) is 11.3 Å². The van der Waals surface area contributed by atoms with Crippen molar-refractivity contribution in [1.82, 2.24) is 0 Å². The van der Waals surface area contributed by atoms with Gasteiger partial charge in [0, 0.05) is 9.75 Å². The second kappa shape index (κ2) is 9.94. The van der Waals surface area contributed by atoms with Crippen LogP contribution in [0.2, 0.25) is 13.1 Å². The summed E-state index contributed by atoms with van der Waals surface area (Å²) in [5, 5.41) is 0. The number of allylic oxidation sites excluding steroid dienone is 1. The molecule has 0 bridgehead atoms. The predicted molar refractivity (Wildman–Crippen MR) is 66.4 cm³/mol. The van der Waals surface area contributed by atoms with Gasteiger partial charge in [0.1, 0.15) is 0 Å². The molecule has 95 valence electrons. The van der Waals surface area contributed by atoms with Crippen LogP contribution in [-0.4, -0.2) is 9.04 Å². The summed E-state index contributed by atoms with van der Waals surface area (Å²) in [6.07, 6.45) is 3.48. The molecule has 0 aromatic carbocycles. The maximum atomic E-state index is 4.98. The van der Waals surface area contributed by atoms with Gasteiger partial charge < -0.3 is 24.8 Å². The molecule has 1 aliphatic carbocycles. The van der Waals surface area contributed by atoms with Crippen molar-refractivity contribution in [2.75, 3.05) is 0 Å². The van der Waals surface area contributed by atoms with Crippen LogP contribution in [0.1, 0.15) is 22.2 Å². The van der Waals surface area contributed by atoms with Gasteiger partial charge in [0.25, 0.3) is 0 Å². The number of thiophene rings is 1. The largest absolute Gasteiger partial charge is 1.00 e. The average molecular weight is 388 g/mol. The van der Waals surface area contributed by atoms with E-state index in [0.29, 0.717) is 0 Å². The van der Waals surface area contributed by atoms with E-state index in [-0.39, 0.29) is 24.8 Å². The van der Waals surface area contributed by atoms with E-state index in [1.54, 1.807) is 0 Å². The Kier molecular flexibility index (Phi) is 11.9. The van der Waals surface area contributed by atoms with Crippen LogP contribution in [0.5, 0.6) is 0 Å². The van der Waals surface area contributed by atoms with Crippen molar-refractivity contribution in [3.05, 3.63) is 27.0 Å². The number of aryl methyl sites for hydroxylation is 1. The summed E-state index contributed by atoms with van der Waals surface area (Å²) in [5.41, 5.74) is 3.03. The van der Waals surface area contributed by atoms with E-state index in [2.05, 4.69) is 39.1 Å². The molecule has 0 spiro atoms. The van der Waals surface area contributed by atoms with Crippen LogP contribution in [-0.2, 0) is 34.1 Å². The molecule has 1 aromatic heterocycles. The second-order valence-corrected chi connectivity index (χ2v) is 9.44. The van der Waals surface area contributed by atoms with E-state index in [9.17, 15) is 0 Å². The van der Waals surface area contributed by atoms with E-state index in [4.69, 9.17) is 2.50 Å². The Morgan fingerprint density at radius 1 is 1.29 bits per heavy atom. The Morgan fingerprint density at radius 3 is 2.24 bits per heavy atom. The minimum absolute atomic E-state index is 0. The zero-order valence-electron chi connectivity index (χ0n) is 10.5. The van der Waals surface area contributed by atoms with Crippen LogP contribution < -0.4 is 24.8 Å². The SMILES string of the molecule is CC1=Cc2sc(C)cc2C1.C[SiH](C)[O][Zr+2].[Cl-].[Cl-]. The van der Waals surface area contributed by atoms with Gasteiger partial charge in [-0.25, -0.2) is 0 Å². The Morgan fingerprint density at radius 2 is 1.82 bits per heavy atom. The summed E-state index contributed by atoms with van der Waals surface area (Å²) < 4.78 is 4.98. The molecule has 0 saturated heterocycles. The van der Waals surface area contributed by atoms with Crippen molar-refractivity contribution >= 4 is 26.5 Å². The van der Waals surface area contributed by atoms with Gasteiger partial charge in [-0.05, 0) is 38.0 Å². The monoisotopic (exact) mass is 385 g/mol. The molecule has 1 aromatic rings. The van der Waals surface area contributed by atoms with Crippen LogP contribution >= 0.6 is 11.3 Å². The molecule has 0 atom stereocenters. The quantitative estimate of drug-likeness (QED) is 0.483. The zero-order chi connectivity index (χ0) is 11.4. The third-order valence-electron chi connectivity index (χ3n) is 2.05. The van der Waals surface area contributed by atoms with Crippen LogP contribution in [0.4, 0.5) is 0 Å². The summed E-state index contributed by atoms with van der Waals surface area (Å²) >= 11 is 3.13. The molecule has 0 aliphatic heterocycles. The van der Waals surface area contributed by atoms with Crippen LogP contribution in [0.15, 0.2) is 11.6 Å². The summed E-state index contributed by atoms with van der Waals surface area (Å²) in [4.78, 5) is 2.92. The molecule has 1 nitrogen and oxygen atoms in total. The minimum atomic E-state index is -0.610. The topological polar surface area (TPSA) is 9.23 Å². The molecule has 0 amide bonds. The van der Waals surface area contributed by atoms with Crippen molar-refractivity contribution in [2.45, 2.75) is 33.4 Å². The Bertz CT molecular complexity index is 366. The van der Waals surface area contributed by atoms with Crippen LogP contribution in [0, 0.1) is 6.92 Å². The van der Waals surface area contributed by atoms with Gasteiger partial charge in [-0.1, -0.05) is 5.57 Å². The van der Waals surface area contributed by atoms with Gasteiger partial charge >= 0.3 is 49.8 Å². The number of hydrogen-bond acceptors (Lipinski definition) is 2. The summed E-state index contributed by atoms with van der Waals surface area (Å²) in [6.45, 7) is 8.69. The average Bonchev–Trinajstić information content (AvgIpc) is 2.61. The van der Waals surface area contributed by atoms with E-state index in [0.717, 1.165) is 0 Å². The maximum absolute atomic E-state index is 4.98. The number of fused-ring (bicyclic) bond motifs is 1. The van der Waals surface area contributed by atoms with E-state index in [1.165, 1.54) is 52.5 Å². The Balaban J connectivity index is 0. The number of hydrogen-bond donors (Lipinski definition) is 0. The van der Waals surface area contributed by atoms with Crippen LogP contribution in [0.25, 0.3) is 6.08 Å². The molecule has 0 saturated carbocycles. The van der Waals surface area contributed by atoms with E-state index < -0.39 is 9.04 Å². The first-order valence-electron chi connectivity index (χ1n) is 5.11. The van der Waals surface area contributed by atoms with Gasteiger partial charge in [-0.3, -0.25) is 0 Å². The fourth-order valence-corrected chi connectivity index (χ4v) is 2.49. The summed E-state index contributed by atoms with van der Waals surface area (Å²) in [7, 11) is -0.610. The van der Waals surface area contributed by atoms with Gasteiger partial charge in [0.2, 0.25) is 0 Å². The van der Waals surface area contributed by atoms with Crippen molar-refractivity contribution in [3.63, 3.8) is 0 Å².